The maximum Gasteiger partial charge on any atom is 0.336 e. The van der Waals surface area contributed by atoms with Gasteiger partial charge in [0.1, 0.15) is 12.5 Å². The van der Waals surface area contributed by atoms with Gasteiger partial charge in [0.2, 0.25) is 0 Å². The minimum atomic E-state index is -1.27. The molecule has 0 aliphatic carbocycles. The number of halogens is 1. The predicted molar refractivity (Wildman–Crippen MR) is 82.0 cm³/mol. The lowest BCUT2D eigenvalue weighted by Gasteiger charge is -2.28. The zero-order valence-corrected chi connectivity index (χ0v) is 14.1. The molecule has 0 spiro atoms. The van der Waals surface area contributed by atoms with E-state index in [1.54, 1.807) is 13.8 Å². The number of hydrogen-bond acceptors (Lipinski definition) is 7. The Hall–Kier alpha value is -2.28. The molecule has 0 saturated heterocycles. The molecule has 1 aliphatic heterocycles. The largest absolute Gasteiger partial charge is 0.466 e. The van der Waals surface area contributed by atoms with Gasteiger partial charge in [-0.2, -0.15) is 0 Å². The Balaban J connectivity index is 3.36. The fraction of sp³-hybridized carbons (Fsp3) is 0.400. The first-order valence-corrected chi connectivity index (χ1v) is 6.97. The van der Waals surface area contributed by atoms with Crippen molar-refractivity contribution in [2.24, 2.45) is 5.92 Å². The summed E-state index contributed by atoms with van der Waals surface area (Å²) in [7, 11) is 2.35. The van der Waals surface area contributed by atoms with Gasteiger partial charge in [0.05, 0.1) is 25.4 Å². The summed E-state index contributed by atoms with van der Waals surface area (Å²) in [5, 5.41) is 2.97. The zero-order chi connectivity index (χ0) is 17.7. The van der Waals surface area contributed by atoms with E-state index < -0.39 is 23.8 Å². The monoisotopic (exact) mass is 343 g/mol. The smallest absolute Gasteiger partial charge is 0.336 e. The summed E-state index contributed by atoms with van der Waals surface area (Å²) >= 11 is 5.58. The Morgan fingerprint density at radius 3 is 1.87 bits per heavy atom. The first-order valence-electron chi connectivity index (χ1n) is 6.59. The maximum atomic E-state index is 12.4. The Kier molecular flexibility index (Phi) is 6.38. The molecule has 0 bridgehead atoms. The topological polar surface area (TPSA) is 90.9 Å². The number of carbonyl (C=O) groups excluding carboxylic acids is 3. The average molecular weight is 344 g/mol. The van der Waals surface area contributed by atoms with E-state index in [9.17, 15) is 14.4 Å². The number of carbonyl (C=O) groups is 3. The van der Waals surface area contributed by atoms with E-state index in [1.165, 1.54) is 14.2 Å². The molecule has 0 aromatic heterocycles. The minimum absolute atomic E-state index is 0.0244. The van der Waals surface area contributed by atoms with Crippen molar-refractivity contribution < 1.29 is 28.6 Å². The summed E-state index contributed by atoms with van der Waals surface area (Å²) in [5.41, 5.74) is 0.717. The summed E-state index contributed by atoms with van der Waals surface area (Å²) in [6.07, 6.45) is 0. The number of hydrogen-bond donors (Lipinski definition) is 1. The van der Waals surface area contributed by atoms with Crippen LogP contribution < -0.4 is 5.32 Å². The molecule has 0 radical (unpaired) electrons. The van der Waals surface area contributed by atoms with Gasteiger partial charge in [-0.1, -0.05) is 18.2 Å². The third-order valence-corrected chi connectivity index (χ3v) is 3.29. The molecule has 7 nitrogen and oxygen atoms in total. The number of ether oxygens (including phenoxy) is 3. The molecule has 126 valence electrons. The van der Waals surface area contributed by atoms with E-state index in [0.717, 1.165) is 0 Å². The van der Waals surface area contributed by atoms with Crippen LogP contribution in [0.2, 0.25) is 0 Å². The lowest BCUT2D eigenvalue weighted by atomic mass is 9.85. The molecule has 0 unspecified atom stereocenters. The molecule has 0 aromatic carbocycles. The first-order chi connectivity index (χ1) is 10.7. The van der Waals surface area contributed by atoms with E-state index in [2.05, 4.69) is 11.9 Å². The summed E-state index contributed by atoms with van der Waals surface area (Å²) in [5.74, 6) is -3.61. The van der Waals surface area contributed by atoms with Gasteiger partial charge in [0.15, 0.2) is 0 Å². The lowest BCUT2D eigenvalue weighted by molar-refractivity contribution is -0.150. The van der Waals surface area contributed by atoms with Crippen LogP contribution in [-0.2, 0) is 28.6 Å². The maximum absolute atomic E-state index is 12.4. The van der Waals surface area contributed by atoms with Gasteiger partial charge in [0, 0.05) is 16.4 Å². The van der Waals surface area contributed by atoms with Crippen molar-refractivity contribution >= 4 is 29.5 Å². The van der Waals surface area contributed by atoms with Crippen LogP contribution in [-0.4, -0.2) is 38.7 Å². The van der Waals surface area contributed by atoms with Gasteiger partial charge in [0.25, 0.3) is 0 Å². The summed E-state index contributed by atoms with van der Waals surface area (Å²) in [6.45, 7) is 6.34. The summed E-state index contributed by atoms with van der Waals surface area (Å²) in [6, 6.07) is 0. The Morgan fingerprint density at radius 1 is 1.09 bits per heavy atom. The van der Waals surface area contributed by atoms with Crippen molar-refractivity contribution in [3.05, 3.63) is 34.2 Å². The van der Waals surface area contributed by atoms with Crippen LogP contribution in [0.4, 0.5) is 0 Å². The molecule has 0 amide bonds. The SMILES string of the molecule is C=C(Cl)COC(=O)C1C(C(=O)OC)=C(C)NC(C)=C1C(=O)OC. The second-order valence-electron chi connectivity index (χ2n) is 4.74. The molecular weight excluding hydrogens is 326 g/mol. The highest BCUT2D eigenvalue weighted by atomic mass is 35.5. The Bertz CT molecular complexity index is 581. The van der Waals surface area contributed by atoms with E-state index in [4.69, 9.17) is 25.8 Å². The lowest BCUT2D eigenvalue weighted by Crippen LogP contribution is -2.38. The van der Waals surface area contributed by atoms with Crippen molar-refractivity contribution in [2.45, 2.75) is 13.8 Å². The van der Waals surface area contributed by atoms with Crippen LogP contribution in [0, 0.1) is 5.92 Å². The number of dihydropyridines is 1. The number of rotatable bonds is 5. The van der Waals surface area contributed by atoms with Crippen molar-refractivity contribution in [3.8, 4) is 0 Å². The number of allylic oxidation sites excluding steroid dienone is 2. The quantitative estimate of drug-likeness (QED) is 0.596. The molecular formula is C15H18ClNO6. The van der Waals surface area contributed by atoms with Crippen molar-refractivity contribution in [1.29, 1.82) is 0 Å². The molecule has 1 aliphatic rings. The van der Waals surface area contributed by atoms with E-state index >= 15 is 0 Å². The van der Waals surface area contributed by atoms with E-state index in [-0.39, 0.29) is 22.8 Å². The standard InChI is InChI=1S/C15H18ClNO6/c1-7(16)6-23-15(20)12-10(13(18)21-4)8(2)17-9(3)11(12)14(19)22-5/h12,17H,1,6H2,2-5H3. The van der Waals surface area contributed by atoms with Gasteiger partial charge in [-0.15, -0.1) is 0 Å². The van der Waals surface area contributed by atoms with Crippen molar-refractivity contribution in [3.63, 3.8) is 0 Å². The zero-order valence-electron chi connectivity index (χ0n) is 13.3. The number of esters is 3. The fourth-order valence-corrected chi connectivity index (χ4v) is 2.28. The van der Waals surface area contributed by atoms with E-state index in [0.29, 0.717) is 11.4 Å². The van der Waals surface area contributed by atoms with Gasteiger partial charge < -0.3 is 19.5 Å². The second-order valence-corrected chi connectivity index (χ2v) is 5.28. The molecule has 0 saturated carbocycles. The fourth-order valence-electron chi connectivity index (χ4n) is 2.22. The molecule has 8 heteroatoms. The highest BCUT2D eigenvalue weighted by Gasteiger charge is 2.42. The molecule has 1 N–H and O–H groups in total. The van der Waals surface area contributed by atoms with Gasteiger partial charge in [-0.05, 0) is 13.8 Å². The highest BCUT2D eigenvalue weighted by Crippen LogP contribution is 2.32. The number of methoxy groups -OCH3 is 2. The average Bonchev–Trinajstić information content (AvgIpc) is 2.50. The minimum Gasteiger partial charge on any atom is -0.466 e. The predicted octanol–water partition coefficient (Wildman–Crippen LogP) is 1.40. The third kappa shape index (κ3) is 4.13. The van der Waals surface area contributed by atoms with Crippen molar-refractivity contribution in [2.75, 3.05) is 20.8 Å². The van der Waals surface area contributed by atoms with Crippen LogP contribution in [0.1, 0.15) is 13.8 Å². The molecule has 0 atom stereocenters. The van der Waals surface area contributed by atoms with Crippen LogP contribution in [0.5, 0.6) is 0 Å². The normalized spacial score (nSPS) is 15.0. The molecule has 1 heterocycles. The first kappa shape index (κ1) is 18.8. The molecule has 23 heavy (non-hydrogen) atoms. The van der Waals surface area contributed by atoms with Crippen LogP contribution >= 0.6 is 11.6 Å². The van der Waals surface area contributed by atoms with Gasteiger partial charge >= 0.3 is 17.9 Å². The number of nitrogens with one attached hydrogen (secondary N) is 1. The van der Waals surface area contributed by atoms with Gasteiger partial charge in [-0.25, -0.2) is 9.59 Å². The van der Waals surface area contributed by atoms with Gasteiger partial charge in [-0.3, -0.25) is 4.79 Å². The van der Waals surface area contributed by atoms with Crippen LogP contribution in [0.3, 0.4) is 0 Å². The summed E-state index contributed by atoms with van der Waals surface area (Å²) < 4.78 is 14.4. The van der Waals surface area contributed by atoms with E-state index in [1.807, 2.05) is 0 Å². The highest BCUT2D eigenvalue weighted by molar-refractivity contribution is 6.29. The molecule has 1 rings (SSSR count). The van der Waals surface area contributed by atoms with Crippen molar-refractivity contribution in [1.82, 2.24) is 5.32 Å². The van der Waals surface area contributed by atoms with Crippen LogP contribution in [0.15, 0.2) is 34.2 Å². The Morgan fingerprint density at radius 2 is 1.52 bits per heavy atom. The molecule has 0 aromatic rings. The molecule has 0 fully saturated rings. The second kappa shape index (κ2) is 7.82. The Labute approximate surface area is 138 Å². The third-order valence-electron chi connectivity index (χ3n) is 3.18. The summed E-state index contributed by atoms with van der Waals surface area (Å²) in [4.78, 5) is 36.5. The van der Waals surface area contributed by atoms with Crippen LogP contribution in [0.25, 0.3) is 0 Å².